The van der Waals surface area contributed by atoms with E-state index in [2.05, 4.69) is 38.3 Å². The number of rotatable bonds is 1. The van der Waals surface area contributed by atoms with Crippen molar-refractivity contribution >= 4 is 11.2 Å². The van der Waals surface area contributed by atoms with Crippen molar-refractivity contribution in [3.05, 3.63) is 54.2 Å². The zero-order valence-electron chi connectivity index (χ0n) is 13.4. The standard InChI is InChI=1S/C19H18N4O/c1-13-9-15(10-17(13)24)23-12-22-18-16(20-11-21-19(18)23)8-7-14-5-3-2-4-6-14/h2-6,11-13,15,17,24H,9-10H2,1H3/t13-,15-,17+/m1/s1. The molecule has 1 aromatic carbocycles. The average molecular weight is 318 g/mol. The summed E-state index contributed by atoms with van der Waals surface area (Å²) < 4.78 is 2.05. The fourth-order valence-corrected chi connectivity index (χ4v) is 3.28. The van der Waals surface area contributed by atoms with Gasteiger partial charge in [-0.1, -0.05) is 31.0 Å². The number of hydrogen-bond acceptors (Lipinski definition) is 4. The molecule has 1 N–H and O–H groups in total. The molecule has 120 valence electrons. The predicted molar refractivity (Wildman–Crippen MR) is 91.2 cm³/mol. The lowest BCUT2D eigenvalue weighted by Crippen LogP contribution is -2.08. The summed E-state index contributed by atoms with van der Waals surface area (Å²) in [6.45, 7) is 2.08. The first-order valence-corrected chi connectivity index (χ1v) is 8.15. The van der Waals surface area contributed by atoms with Crippen LogP contribution in [0.25, 0.3) is 11.2 Å². The van der Waals surface area contributed by atoms with Gasteiger partial charge in [0.15, 0.2) is 5.65 Å². The number of benzene rings is 1. The Morgan fingerprint density at radius 1 is 1.08 bits per heavy atom. The zero-order valence-corrected chi connectivity index (χ0v) is 13.4. The topological polar surface area (TPSA) is 63.8 Å². The van der Waals surface area contributed by atoms with Gasteiger partial charge in [0.1, 0.15) is 17.5 Å². The van der Waals surface area contributed by atoms with E-state index in [1.807, 2.05) is 30.3 Å². The Labute approximate surface area is 140 Å². The minimum absolute atomic E-state index is 0.227. The first-order chi connectivity index (χ1) is 11.7. The van der Waals surface area contributed by atoms with Crippen LogP contribution < -0.4 is 0 Å². The maximum Gasteiger partial charge on any atom is 0.164 e. The van der Waals surface area contributed by atoms with Gasteiger partial charge >= 0.3 is 0 Å². The number of hydrogen-bond donors (Lipinski definition) is 1. The van der Waals surface area contributed by atoms with E-state index < -0.39 is 0 Å². The van der Waals surface area contributed by atoms with E-state index in [9.17, 15) is 5.11 Å². The largest absolute Gasteiger partial charge is 0.393 e. The van der Waals surface area contributed by atoms with Gasteiger partial charge in [0.2, 0.25) is 0 Å². The van der Waals surface area contributed by atoms with E-state index in [1.54, 1.807) is 6.33 Å². The summed E-state index contributed by atoms with van der Waals surface area (Å²) in [6, 6.07) is 10.0. The third kappa shape index (κ3) is 2.66. The van der Waals surface area contributed by atoms with E-state index in [0.717, 1.165) is 29.6 Å². The molecule has 1 saturated carbocycles. The Morgan fingerprint density at radius 3 is 2.67 bits per heavy atom. The first-order valence-electron chi connectivity index (χ1n) is 8.15. The molecule has 5 nitrogen and oxygen atoms in total. The van der Waals surface area contributed by atoms with Gasteiger partial charge in [-0.15, -0.1) is 0 Å². The molecule has 0 bridgehead atoms. The number of imidazole rings is 1. The van der Waals surface area contributed by atoms with E-state index in [1.165, 1.54) is 6.33 Å². The summed E-state index contributed by atoms with van der Waals surface area (Å²) in [4.78, 5) is 13.2. The van der Waals surface area contributed by atoms with Crippen LogP contribution >= 0.6 is 0 Å². The van der Waals surface area contributed by atoms with Crippen molar-refractivity contribution in [1.29, 1.82) is 0 Å². The lowest BCUT2D eigenvalue weighted by Gasteiger charge is -2.11. The Hall–Kier alpha value is -2.71. The van der Waals surface area contributed by atoms with Gasteiger partial charge in [0.25, 0.3) is 0 Å². The highest BCUT2D eigenvalue weighted by Gasteiger charge is 2.31. The van der Waals surface area contributed by atoms with Crippen LogP contribution in [0.4, 0.5) is 0 Å². The number of fused-ring (bicyclic) bond motifs is 1. The smallest absolute Gasteiger partial charge is 0.164 e. The van der Waals surface area contributed by atoms with E-state index >= 15 is 0 Å². The number of aliphatic hydroxyl groups is 1. The zero-order chi connectivity index (χ0) is 16.5. The molecule has 3 aromatic rings. The molecule has 0 spiro atoms. The van der Waals surface area contributed by atoms with Crippen LogP contribution in [-0.4, -0.2) is 30.7 Å². The fourth-order valence-electron chi connectivity index (χ4n) is 3.28. The van der Waals surface area contributed by atoms with Gasteiger partial charge in [-0.2, -0.15) is 0 Å². The lowest BCUT2D eigenvalue weighted by molar-refractivity contribution is 0.139. The van der Waals surface area contributed by atoms with Gasteiger partial charge in [-0.05, 0) is 36.8 Å². The molecule has 1 aliphatic carbocycles. The molecule has 3 atom stereocenters. The molecule has 0 saturated heterocycles. The summed E-state index contributed by atoms with van der Waals surface area (Å²) in [5, 5.41) is 10.0. The van der Waals surface area contributed by atoms with E-state index in [-0.39, 0.29) is 12.1 Å². The molecule has 0 unspecified atom stereocenters. The van der Waals surface area contributed by atoms with Crippen LogP contribution in [0.3, 0.4) is 0 Å². The summed E-state index contributed by atoms with van der Waals surface area (Å²) >= 11 is 0. The highest BCUT2D eigenvalue weighted by atomic mass is 16.3. The van der Waals surface area contributed by atoms with Crippen LogP contribution in [0.2, 0.25) is 0 Å². The predicted octanol–water partition coefficient (Wildman–Crippen LogP) is 2.56. The molecule has 0 aliphatic heterocycles. The van der Waals surface area contributed by atoms with Gasteiger partial charge in [-0.25, -0.2) is 15.0 Å². The van der Waals surface area contributed by atoms with Gasteiger partial charge in [-0.3, -0.25) is 0 Å². The second-order valence-corrected chi connectivity index (χ2v) is 6.33. The molecule has 0 radical (unpaired) electrons. The monoisotopic (exact) mass is 318 g/mol. The molecule has 0 amide bonds. The quantitative estimate of drug-likeness (QED) is 0.700. The Balaban J connectivity index is 1.71. The third-order valence-electron chi connectivity index (χ3n) is 4.67. The van der Waals surface area contributed by atoms with Crippen LogP contribution in [0.1, 0.15) is 37.1 Å². The Morgan fingerprint density at radius 2 is 1.92 bits per heavy atom. The van der Waals surface area contributed by atoms with Crippen LogP contribution in [0, 0.1) is 17.8 Å². The van der Waals surface area contributed by atoms with Crippen molar-refractivity contribution < 1.29 is 5.11 Å². The van der Waals surface area contributed by atoms with Crippen molar-refractivity contribution in [3.8, 4) is 11.8 Å². The molecule has 2 aromatic heterocycles. The van der Waals surface area contributed by atoms with Gasteiger partial charge in [0, 0.05) is 11.6 Å². The molecule has 4 rings (SSSR count). The molecule has 5 heteroatoms. The molecule has 1 aliphatic rings. The Bertz CT molecular complexity index is 913. The minimum atomic E-state index is -0.258. The van der Waals surface area contributed by atoms with Crippen molar-refractivity contribution in [2.24, 2.45) is 5.92 Å². The molecular weight excluding hydrogens is 300 g/mol. The third-order valence-corrected chi connectivity index (χ3v) is 4.67. The molecule has 1 fully saturated rings. The van der Waals surface area contributed by atoms with Crippen LogP contribution in [0.15, 0.2) is 43.0 Å². The SMILES string of the molecule is C[C@@H]1C[C@@H](n2cnc3c(C#Cc4ccccc4)ncnc32)C[C@@H]1O. The maximum absolute atomic E-state index is 10.0. The summed E-state index contributed by atoms with van der Waals surface area (Å²) in [7, 11) is 0. The summed E-state index contributed by atoms with van der Waals surface area (Å²) in [5.74, 6) is 6.51. The molecular formula is C19H18N4O. The Kier molecular flexibility index (Phi) is 3.75. The fraction of sp³-hybridized carbons (Fsp3) is 0.316. The van der Waals surface area contributed by atoms with Crippen molar-refractivity contribution in [2.75, 3.05) is 0 Å². The van der Waals surface area contributed by atoms with Crippen molar-refractivity contribution in [3.63, 3.8) is 0 Å². The highest BCUT2D eigenvalue weighted by Crippen LogP contribution is 2.35. The molecule has 2 heterocycles. The van der Waals surface area contributed by atoms with Crippen LogP contribution in [0.5, 0.6) is 0 Å². The first kappa shape index (κ1) is 14.9. The van der Waals surface area contributed by atoms with Crippen LogP contribution in [-0.2, 0) is 0 Å². The molecule has 24 heavy (non-hydrogen) atoms. The maximum atomic E-state index is 10.0. The van der Waals surface area contributed by atoms with E-state index in [4.69, 9.17) is 0 Å². The lowest BCUT2D eigenvalue weighted by atomic mass is 10.1. The second kappa shape index (κ2) is 6.06. The van der Waals surface area contributed by atoms with Crippen molar-refractivity contribution in [2.45, 2.75) is 31.9 Å². The van der Waals surface area contributed by atoms with E-state index in [0.29, 0.717) is 11.6 Å². The summed E-state index contributed by atoms with van der Waals surface area (Å²) in [5.41, 5.74) is 3.08. The summed E-state index contributed by atoms with van der Waals surface area (Å²) in [6.07, 6.45) is 4.74. The number of aromatic nitrogens is 4. The van der Waals surface area contributed by atoms with Crippen molar-refractivity contribution in [1.82, 2.24) is 19.5 Å². The average Bonchev–Trinajstić information content (AvgIpc) is 3.18. The highest BCUT2D eigenvalue weighted by molar-refractivity contribution is 5.76. The number of nitrogens with zero attached hydrogens (tertiary/aromatic N) is 4. The minimum Gasteiger partial charge on any atom is -0.393 e. The van der Waals surface area contributed by atoms with Gasteiger partial charge in [0.05, 0.1) is 12.4 Å². The number of aliphatic hydroxyl groups excluding tert-OH is 1. The normalized spacial score (nSPS) is 23.2. The van der Waals surface area contributed by atoms with Gasteiger partial charge < -0.3 is 9.67 Å². The second-order valence-electron chi connectivity index (χ2n) is 6.33.